The van der Waals surface area contributed by atoms with Gasteiger partial charge in [-0.15, -0.1) is 5.06 Å². The van der Waals surface area contributed by atoms with Gasteiger partial charge in [-0.2, -0.15) is 0 Å². The van der Waals surface area contributed by atoms with Crippen molar-refractivity contribution in [2.24, 2.45) is 0 Å². The van der Waals surface area contributed by atoms with Crippen molar-refractivity contribution < 1.29 is 31.9 Å². The van der Waals surface area contributed by atoms with E-state index in [9.17, 15) is 17.6 Å². The Labute approximate surface area is 210 Å². The van der Waals surface area contributed by atoms with Crippen LogP contribution in [0.2, 0.25) is 0 Å². The lowest BCUT2D eigenvalue weighted by Gasteiger charge is -2.30. The topological polar surface area (TPSA) is 132 Å². The van der Waals surface area contributed by atoms with E-state index >= 15 is 0 Å². The summed E-state index contributed by atoms with van der Waals surface area (Å²) in [6.07, 6.45) is 2.60. The second-order valence-electron chi connectivity index (χ2n) is 8.78. The molecule has 1 aliphatic heterocycles. The van der Waals surface area contributed by atoms with Crippen molar-refractivity contribution in [2.75, 3.05) is 42.3 Å². The predicted octanol–water partition coefficient (Wildman–Crippen LogP) is 3.44. The molecule has 0 radical (unpaired) electrons. The summed E-state index contributed by atoms with van der Waals surface area (Å²) in [5.74, 6) is 0.205. The molecule has 2 aromatic rings. The van der Waals surface area contributed by atoms with Crippen molar-refractivity contribution in [1.29, 1.82) is 0 Å². The van der Waals surface area contributed by atoms with Gasteiger partial charge in [0.15, 0.2) is 0 Å². The quantitative estimate of drug-likeness (QED) is 0.442. The first-order valence-electron chi connectivity index (χ1n) is 11.6. The molecule has 0 aliphatic carbocycles. The van der Waals surface area contributed by atoms with Gasteiger partial charge in [0.05, 0.1) is 23.1 Å². The van der Waals surface area contributed by atoms with Gasteiger partial charge >= 0.3 is 6.16 Å². The summed E-state index contributed by atoms with van der Waals surface area (Å²) in [5, 5.41) is 7.40. The van der Waals surface area contributed by atoms with Crippen LogP contribution < -0.4 is 15.4 Å². The van der Waals surface area contributed by atoms with Crippen LogP contribution in [-0.4, -0.2) is 73.5 Å². The second-order valence-corrected chi connectivity index (χ2v) is 11.0. The molecule has 1 aliphatic rings. The number of nitrogens with zero attached hydrogens (tertiary/aromatic N) is 3. The fraction of sp³-hybridized carbons (Fsp3) is 0.522. The van der Waals surface area contributed by atoms with E-state index in [1.54, 1.807) is 38.0 Å². The highest BCUT2D eigenvalue weighted by atomic mass is 32.2. The number of hydroxylamine groups is 2. The van der Waals surface area contributed by atoms with Crippen LogP contribution in [0.5, 0.6) is 5.88 Å². The van der Waals surface area contributed by atoms with Crippen molar-refractivity contribution in [3.05, 3.63) is 35.9 Å². The zero-order valence-electron chi connectivity index (χ0n) is 20.8. The molecule has 2 N–H and O–H groups in total. The van der Waals surface area contributed by atoms with Crippen LogP contribution >= 0.6 is 0 Å². The van der Waals surface area contributed by atoms with Crippen molar-refractivity contribution in [1.82, 2.24) is 15.0 Å². The molecule has 0 bridgehead atoms. The fourth-order valence-electron chi connectivity index (χ4n) is 3.43. The van der Waals surface area contributed by atoms with E-state index in [0.29, 0.717) is 48.9 Å². The molecule has 0 saturated carbocycles. The molecule has 1 fully saturated rings. The summed E-state index contributed by atoms with van der Waals surface area (Å²) in [5.41, 5.74) is 1.29. The predicted molar refractivity (Wildman–Crippen MR) is 133 cm³/mol. The number of carbonyl (C=O) groups is 1. The molecule has 0 unspecified atom stereocenters. The summed E-state index contributed by atoms with van der Waals surface area (Å²) < 4.78 is 48.2. The smallest absolute Gasteiger partial charge is 0.474 e. The number of aromatic nitrogens is 2. The monoisotopic (exact) mass is 525 g/mol. The minimum atomic E-state index is -3.11. The first-order valence-corrected chi connectivity index (χ1v) is 13.7. The number of sulfone groups is 1. The van der Waals surface area contributed by atoms with Gasteiger partial charge in [0.25, 0.3) is 0 Å². The van der Waals surface area contributed by atoms with Gasteiger partial charge in [0.1, 0.15) is 33.9 Å². The number of hydrogen-bond acceptors (Lipinski definition) is 11. The van der Waals surface area contributed by atoms with Crippen LogP contribution in [0.15, 0.2) is 24.5 Å². The standard InChI is InChI=1S/C23H32FN5O6S/c1-15(2)33-23(30)35-29-10-7-18(8-11-29)34-22-16(3)21(26-14-27-22)28-20-6-5-17(13-19(20)24)25-9-12-36(4,31)32/h5-6,13-15,18,25H,7-12H2,1-4H3,(H,26,27,28). The number of benzene rings is 1. The summed E-state index contributed by atoms with van der Waals surface area (Å²) in [6, 6.07) is 4.47. The van der Waals surface area contributed by atoms with Crippen LogP contribution in [0, 0.1) is 12.7 Å². The van der Waals surface area contributed by atoms with Crippen LogP contribution in [0.25, 0.3) is 0 Å². The maximum Gasteiger partial charge on any atom is 0.528 e. The Hall–Kier alpha value is -3.19. The van der Waals surface area contributed by atoms with E-state index in [-0.39, 0.29) is 30.2 Å². The van der Waals surface area contributed by atoms with Gasteiger partial charge in [-0.1, -0.05) is 0 Å². The van der Waals surface area contributed by atoms with E-state index in [1.807, 2.05) is 0 Å². The Morgan fingerprint density at radius 3 is 2.61 bits per heavy atom. The zero-order chi connectivity index (χ0) is 26.3. The number of nitrogens with one attached hydrogen (secondary N) is 2. The lowest BCUT2D eigenvalue weighted by Crippen LogP contribution is -2.40. The van der Waals surface area contributed by atoms with Crippen molar-refractivity contribution in [3.63, 3.8) is 0 Å². The molecule has 1 aromatic heterocycles. The van der Waals surface area contributed by atoms with Gasteiger partial charge in [-0.3, -0.25) is 0 Å². The number of piperidine rings is 1. The summed E-state index contributed by atoms with van der Waals surface area (Å²) >= 11 is 0. The van der Waals surface area contributed by atoms with Crippen LogP contribution in [0.1, 0.15) is 32.3 Å². The van der Waals surface area contributed by atoms with E-state index in [4.69, 9.17) is 14.3 Å². The fourth-order valence-corrected chi connectivity index (χ4v) is 3.90. The van der Waals surface area contributed by atoms with Gasteiger partial charge in [-0.25, -0.2) is 27.6 Å². The number of hydrogen-bond donors (Lipinski definition) is 2. The lowest BCUT2D eigenvalue weighted by atomic mass is 10.1. The van der Waals surface area contributed by atoms with Gasteiger partial charge in [0.2, 0.25) is 5.88 Å². The average molecular weight is 526 g/mol. The van der Waals surface area contributed by atoms with Crippen molar-refractivity contribution in [2.45, 2.75) is 45.8 Å². The molecule has 1 saturated heterocycles. The minimum absolute atomic E-state index is 0.0474. The number of ether oxygens (including phenoxy) is 2. The third-order valence-electron chi connectivity index (χ3n) is 5.28. The van der Waals surface area contributed by atoms with Crippen LogP contribution in [0.3, 0.4) is 0 Å². The molecule has 0 atom stereocenters. The molecule has 0 amide bonds. The number of rotatable bonds is 10. The Morgan fingerprint density at radius 2 is 1.97 bits per heavy atom. The van der Waals surface area contributed by atoms with Crippen LogP contribution in [0.4, 0.5) is 26.4 Å². The zero-order valence-corrected chi connectivity index (χ0v) is 21.6. The molecular formula is C23H32FN5O6S. The van der Waals surface area contributed by atoms with Gasteiger partial charge in [-0.05, 0) is 39.0 Å². The van der Waals surface area contributed by atoms with Crippen molar-refractivity contribution in [3.8, 4) is 5.88 Å². The largest absolute Gasteiger partial charge is 0.528 e. The Bertz CT molecular complexity index is 1160. The first-order chi connectivity index (χ1) is 17.0. The third kappa shape index (κ3) is 8.48. The molecule has 13 heteroatoms. The highest BCUT2D eigenvalue weighted by molar-refractivity contribution is 7.90. The third-order valence-corrected chi connectivity index (χ3v) is 6.22. The molecule has 36 heavy (non-hydrogen) atoms. The van der Waals surface area contributed by atoms with Gasteiger partial charge in [0, 0.05) is 44.4 Å². The van der Waals surface area contributed by atoms with E-state index < -0.39 is 21.8 Å². The summed E-state index contributed by atoms with van der Waals surface area (Å²) in [6.45, 7) is 6.44. The highest BCUT2D eigenvalue weighted by Gasteiger charge is 2.25. The molecule has 198 valence electrons. The molecule has 0 spiro atoms. The van der Waals surface area contributed by atoms with Crippen molar-refractivity contribution >= 4 is 33.2 Å². The molecule has 1 aromatic carbocycles. The van der Waals surface area contributed by atoms with E-state index in [0.717, 1.165) is 6.26 Å². The second kappa shape index (κ2) is 12.2. The molecule has 3 rings (SSSR count). The Morgan fingerprint density at radius 1 is 1.25 bits per heavy atom. The number of carbonyl (C=O) groups excluding carboxylic acids is 1. The van der Waals surface area contributed by atoms with E-state index in [1.165, 1.54) is 12.4 Å². The first kappa shape index (κ1) is 27.4. The van der Waals surface area contributed by atoms with Gasteiger partial charge < -0.3 is 24.9 Å². The van der Waals surface area contributed by atoms with Crippen LogP contribution in [-0.2, 0) is 19.4 Å². The minimum Gasteiger partial charge on any atom is -0.474 e. The maximum atomic E-state index is 14.7. The number of halogens is 1. The van der Waals surface area contributed by atoms with E-state index in [2.05, 4.69) is 20.6 Å². The normalized spacial score (nSPS) is 14.9. The SMILES string of the molecule is Cc1c(Nc2ccc(NCCS(C)(=O)=O)cc2F)ncnc1OC1CCN(OC(=O)OC(C)C)CC1. The maximum absolute atomic E-state index is 14.7. The highest BCUT2D eigenvalue weighted by Crippen LogP contribution is 2.28. The Kier molecular flexibility index (Phi) is 9.26. The lowest BCUT2D eigenvalue weighted by molar-refractivity contribution is -0.151. The summed E-state index contributed by atoms with van der Waals surface area (Å²) in [7, 11) is -3.11. The molecule has 11 nitrogen and oxygen atoms in total. The molecule has 2 heterocycles. The summed E-state index contributed by atoms with van der Waals surface area (Å²) in [4.78, 5) is 25.3. The molecular weight excluding hydrogens is 493 g/mol. The Balaban J connectivity index is 1.56. The number of anilines is 3. The average Bonchev–Trinajstić information content (AvgIpc) is 2.78.